The van der Waals surface area contributed by atoms with Crippen LogP contribution in [0.3, 0.4) is 0 Å². The van der Waals surface area contributed by atoms with Crippen LogP contribution in [0, 0.1) is 11.7 Å². The minimum atomic E-state index is -0.600. The Morgan fingerprint density at radius 1 is 1.16 bits per heavy atom. The molecule has 0 N–H and O–H groups in total. The van der Waals surface area contributed by atoms with Gasteiger partial charge < -0.3 is 19.3 Å². The fourth-order valence-corrected chi connectivity index (χ4v) is 3.64. The molecule has 0 bridgehead atoms. The smallest absolute Gasteiger partial charge is 0.257 e. The summed E-state index contributed by atoms with van der Waals surface area (Å²) in [6.45, 7) is 5.43. The van der Waals surface area contributed by atoms with Crippen molar-refractivity contribution in [2.45, 2.75) is 26.6 Å². The van der Waals surface area contributed by atoms with Crippen molar-refractivity contribution in [2.75, 3.05) is 33.3 Å². The molecule has 6 nitrogen and oxygen atoms in total. The fourth-order valence-electron chi connectivity index (χ4n) is 3.64. The van der Waals surface area contributed by atoms with E-state index in [9.17, 15) is 14.0 Å². The molecule has 1 aliphatic heterocycles. The van der Waals surface area contributed by atoms with E-state index in [1.54, 1.807) is 18.1 Å². The van der Waals surface area contributed by atoms with E-state index in [1.807, 2.05) is 38.1 Å². The van der Waals surface area contributed by atoms with E-state index in [4.69, 9.17) is 9.47 Å². The lowest BCUT2D eigenvalue weighted by molar-refractivity contribution is -0.132. The zero-order valence-electron chi connectivity index (χ0n) is 18.2. The van der Waals surface area contributed by atoms with Crippen LogP contribution >= 0.6 is 0 Å². The first kappa shape index (κ1) is 22.7. The van der Waals surface area contributed by atoms with Gasteiger partial charge in [0.2, 0.25) is 5.91 Å². The maximum atomic E-state index is 14.2. The first-order valence-electron chi connectivity index (χ1n) is 10.4. The lowest BCUT2D eigenvalue weighted by atomic mass is 10.1. The Labute approximate surface area is 182 Å². The third-order valence-electron chi connectivity index (χ3n) is 5.12. The summed E-state index contributed by atoms with van der Waals surface area (Å²) < 4.78 is 25.6. The Balaban J connectivity index is 1.79. The molecule has 0 radical (unpaired) electrons. The van der Waals surface area contributed by atoms with Crippen LogP contribution in [0.2, 0.25) is 0 Å². The Morgan fingerprint density at radius 2 is 1.94 bits per heavy atom. The van der Waals surface area contributed by atoms with Gasteiger partial charge in [-0.15, -0.1) is 0 Å². The molecule has 1 saturated heterocycles. The molecule has 0 spiro atoms. The van der Waals surface area contributed by atoms with Crippen LogP contribution in [0.1, 0.15) is 29.8 Å². The van der Waals surface area contributed by atoms with Crippen molar-refractivity contribution in [1.82, 2.24) is 9.80 Å². The van der Waals surface area contributed by atoms with Gasteiger partial charge in [0.1, 0.15) is 18.1 Å². The maximum Gasteiger partial charge on any atom is 0.257 e. The van der Waals surface area contributed by atoms with Gasteiger partial charge in [-0.1, -0.05) is 38.1 Å². The number of benzene rings is 2. The lowest BCUT2D eigenvalue weighted by Gasteiger charge is -2.26. The van der Waals surface area contributed by atoms with Crippen LogP contribution in [0.5, 0.6) is 5.75 Å². The monoisotopic (exact) mass is 428 g/mol. The molecule has 0 aromatic heterocycles. The van der Waals surface area contributed by atoms with Crippen molar-refractivity contribution < 1.29 is 23.5 Å². The fraction of sp³-hybridized carbons (Fsp3) is 0.417. The lowest BCUT2D eigenvalue weighted by Crippen LogP contribution is -2.40. The second-order valence-electron chi connectivity index (χ2n) is 8.14. The molecule has 2 amide bonds. The zero-order chi connectivity index (χ0) is 22.4. The molecule has 1 aliphatic rings. The van der Waals surface area contributed by atoms with Crippen LogP contribution in [-0.4, -0.2) is 61.0 Å². The second kappa shape index (κ2) is 10.4. The Morgan fingerprint density at radius 3 is 2.65 bits per heavy atom. The first-order valence-corrected chi connectivity index (χ1v) is 10.4. The molecule has 2 aromatic rings. The largest absolute Gasteiger partial charge is 0.497 e. The average molecular weight is 429 g/mol. The number of hydrogen-bond acceptors (Lipinski definition) is 4. The highest BCUT2D eigenvalue weighted by molar-refractivity contribution is 5.97. The predicted molar refractivity (Wildman–Crippen MR) is 115 cm³/mol. The van der Waals surface area contributed by atoms with Crippen molar-refractivity contribution in [3.63, 3.8) is 0 Å². The van der Waals surface area contributed by atoms with Crippen molar-refractivity contribution in [2.24, 2.45) is 5.92 Å². The normalized spacial score (nSPS) is 17.1. The van der Waals surface area contributed by atoms with E-state index in [-0.39, 0.29) is 30.5 Å². The quantitative estimate of drug-likeness (QED) is 0.679. The number of halogens is 1. The number of ether oxygens (including phenoxy) is 2. The number of nitrogens with zero attached hydrogens (tertiary/aromatic N) is 2. The number of methoxy groups -OCH3 is 1. The summed E-state index contributed by atoms with van der Waals surface area (Å²) >= 11 is 0. The van der Waals surface area contributed by atoms with Crippen LogP contribution in [-0.2, 0) is 16.1 Å². The van der Waals surface area contributed by atoms with Gasteiger partial charge in [0.05, 0.1) is 25.4 Å². The Bertz CT molecular complexity index is 918. The van der Waals surface area contributed by atoms with Gasteiger partial charge in [-0.3, -0.25) is 9.59 Å². The highest BCUT2D eigenvalue weighted by Crippen LogP contribution is 2.18. The molecule has 0 saturated carbocycles. The molecule has 2 aromatic carbocycles. The van der Waals surface area contributed by atoms with E-state index < -0.39 is 17.8 Å². The molecule has 0 aliphatic carbocycles. The Kier molecular flexibility index (Phi) is 7.63. The van der Waals surface area contributed by atoms with Gasteiger partial charge in [0.15, 0.2) is 0 Å². The van der Waals surface area contributed by atoms with E-state index in [0.717, 1.165) is 11.3 Å². The molecule has 31 heavy (non-hydrogen) atoms. The molecule has 7 heteroatoms. The van der Waals surface area contributed by atoms with Gasteiger partial charge in [-0.25, -0.2) is 4.39 Å². The van der Waals surface area contributed by atoms with Gasteiger partial charge >= 0.3 is 0 Å². The summed E-state index contributed by atoms with van der Waals surface area (Å²) in [5, 5.41) is 0. The van der Waals surface area contributed by atoms with Gasteiger partial charge in [-0.05, 0) is 35.7 Å². The minimum absolute atomic E-state index is 0.0424. The predicted octanol–water partition coefficient (Wildman–Crippen LogP) is 3.36. The highest BCUT2D eigenvalue weighted by atomic mass is 19.1. The molecule has 0 unspecified atom stereocenters. The summed E-state index contributed by atoms with van der Waals surface area (Å²) in [7, 11) is 1.60. The third-order valence-corrected chi connectivity index (χ3v) is 5.12. The third kappa shape index (κ3) is 6.04. The number of carbonyl (C=O) groups is 2. The summed E-state index contributed by atoms with van der Waals surface area (Å²) in [6, 6.07) is 13.4. The standard InChI is InChI=1S/C24H29FN2O4/c1-17(2)12-26-13-20(31-16-18-7-6-8-19(11-18)30-3)14-27(15-23(26)28)24(29)21-9-4-5-10-22(21)25/h4-11,17,20H,12-16H2,1-3H3/t20-/m1/s1. The van der Waals surface area contributed by atoms with Crippen LogP contribution < -0.4 is 4.74 Å². The van der Waals surface area contributed by atoms with E-state index in [2.05, 4.69) is 0 Å². The molecular weight excluding hydrogens is 399 g/mol. The number of carbonyl (C=O) groups excluding carboxylic acids is 2. The van der Waals surface area contributed by atoms with Crippen LogP contribution in [0.4, 0.5) is 4.39 Å². The number of amides is 2. The topological polar surface area (TPSA) is 59.1 Å². The zero-order valence-corrected chi connectivity index (χ0v) is 18.2. The maximum absolute atomic E-state index is 14.2. The summed E-state index contributed by atoms with van der Waals surface area (Å²) in [6.07, 6.45) is -0.396. The minimum Gasteiger partial charge on any atom is -0.497 e. The second-order valence-corrected chi connectivity index (χ2v) is 8.14. The summed E-state index contributed by atoms with van der Waals surface area (Å²) in [5.41, 5.74) is 0.886. The SMILES string of the molecule is COc1cccc(CO[C@@H]2CN(CC(C)C)C(=O)CN(C(=O)c3ccccc3F)C2)c1. The van der Waals surface area contributed by atoms with E-state index in [0.29, 0.717) is 19.7 Å². The Hall–Kier alpha value is -2.93. The number of hydrogen-bond donors (Lipinski definition) is 0. The molecule has 1 heterocycles. The van der Waals surface area contributed by atoms with Crippen LogP contribution in [0.25, 0.3) is 0 Å². The molecular formula is C24H29FN2O4. The van der Waals surface area contributed by atoms with E-state index in [1.165, 1.54) is 23.1 Å². The van der Waals surface area contributed by atoms with Gasteiger partial charge in [0.25, 0.3) is 5.91 Å². The highest BCUT2D eigenvalue weighted by Gasteiger charge is 2.32. The van der Waals surface area contributed by atoms with Crippen molar-refractivity contribution in [1.29, 1.82) is 0 Å². The summed E-state index contributed by atoms with van der Waals surface area (Å²) in [5.74, 6) is -0.262. The first-order chi connectivity index (χ1) is 14.9. The average Bonchev–Trinajstić information content (AvgIpc) is 2.90. The molecule has 1 atom stereocenters. The molecule has 1 fully saturated rings. The molecule has 3 rings (SSSR count). The molecule has 166 valence electrons. The van der Waals surface area contributed by atoms with Gasteiger partial charge in [0, 0.05) is 19.6 Å². The van der Waals surface area contributed by atoms with Gasteiger partial charge in [-0.2, -0.15) is 0 Å². The summed E-state index contributed by atoms with van der Waals surface area (Å²) in [4.78, 5) is 29.0. The van der Waals surface area contributed by atoms with Crippen molar-refractivity contribution in [3.05, 3.63) is 65.5 Å². The van der Waals surface area contributed by atoms with Crippen LogP contribution in [0.15, 0.2) is 48.5 Å². The van der Waals surface area contributed by atoms with Crippen molar-refractivity contribution >= 4 is 11.8 Å². The number of rotatable bonds is 7. The van der Waals surface area contributed by atoms with Crippen molar-refractivity contribution in [3.8, 4) is 5.75 Å². The van der Waals surface area contributed by atoms with E-state index >= 15 is 0 Å².